The van der Waals surface area contributed by atoms with Crippen molar-refractivity contribution in [3.05, 3.63) is 22.7 Å². The molecule has 9 heteroatoms. The van der Waals surface area contributed by atoms with Crippen LogP contribution in [0.25, 0.3) is 0 Å². The molecule has 20 heavy (non-hydrogen) atoms. The van der Waals surface area contributed by atoms with E-state index in [0.717, 1.165) is 16.4 Å². The summed E-state index contributed by atoms with van der Waals surface area (Å²) in [5.74, 6) is -0.715. The van der Waals surface area contributed by atoms with Crippen LogP contribution in [0.5, 0.6) is 5.75 Å². The molecular formula is C11H11BrF3NO3S. The summed E-state index contributed by atoms with van der Waals surface area (Å²) in [5, 5.41) is 0. The van der Waals surface area contributed by atoms with E-state index in [4.69, 9.17) is 0 Å². The largest absolute Gasteiger partial charge is 0.573 e. The molecular weight excluding hydrogens is 363 g/mol. The maximum atomic E-state index is 12.4. The SMILES string of the molecule is O=S(=O)(c1cc(Br)ccc1OC(F)(F)F)N1CCCC1. The number of hydrogen-bond donors (Lipinski definition) is 0. The fourth-order valence-electron chi connectivity index (χ4n) is 1.96. The Morgan fingerprint density at radius 3 is 2.35 bits per heavy atom. The predicted octanol–water partition coefficient (Wildman–Crippen LogP) is 3.13. The summed E-state index contributed by atoms with van der Waals surface area (Å²) in [4.78, 5) is -0.480. The maximum Gasteiger partial charge on any atom is 0.573 e. The number of nitrogens with zero attached hydrogens (tertiary/aromatic N) is 1. The lowest BCUT2D eigenvalue weighted by Crippen LogP contribution is -2.29. The number of ether oxygens (including phenoxy) is 1. The first-order valence-corrected chi connectivity index (χ1v) is 7.99. The van der Waals surface area contributed by atoms with Gasteiger partial charge in [0.2, 0.25) is 10.0 Å². The Morgan fingerprint density at radius 2 is 1.80 bits per heavy atom. The van der Waals surface area contributed by atoms with Crippen LogP contribution in [0.15, 0.2) is 27.6 Å². The van der Waals surface area contributed by atoms with E-state index in [-0.39, 0.29) is 0 Å². The van der Waals surface area contributed by atoms with Gasteiger partial charge >= 0.3 is 6.36 Å². The van der Waals surface area contributed by atoms with Crippen LogP contribution in [0, 0.1) is 0 Å². The Balaban J connectivity index is 2.46. The van der Waals surface area contributed by atoms with E-state index in [2.05, 4.69) is 20.7 Å². The van der Waals surface area contributed by atoms with Crippen LogP contribution in [-0.4, -0.2) is 32.2 Å². The third-order valence-electron chi connectivity index (χ3n) is 2.81. The van der Waals surface area contributed by atoms with E-state index in [1.54, 1.807) is 0 Å². The Hall–Kier alpha value is -0.800. The minimum Gasteiger partial charge on any atom is -0.404 e. The Bertz CT molecular complexity index is 597. The van der Waals surface area contributed by atoms with E-state index >= 15 is 0 Å². The number of alkyl halides is 3. The number of sulfonamides is 1. The summed E-state index contributed by atoms with van der Waals surface area (Å²) in [7, 11) is -3.99. The van der Waals surface area contributed by atoms with Gasteiger partial charge in [-0.3, -0.25) is 0 Å². The van der Waals surface area contributed by atoms with Gasteiger partial charge in [-0.25, -0.2) is 8.42 Å². The zero-order valence-electron chi connectivity index (χ0n) is 10.2. The van der Waals surface area contributed by atoms with Crippen molar-refractivity contribution in [3.8, 4) is 5.75 Å². The van der Waals surface area contributed by atoms with Gasteiger partial charge in [-0.15, -0.1) is 13.2 Å². The number of rotatable bonds is 3. The molecule has 0 bridgehead atoms. The molecule has 0 amide bonds. The lowest BCUT2D eigenvalue weighted by Gasteiger charge is -2.19. The molecule has 0 spiro atoms. The van der Waals surface area contributed by atoms with Crippen LogP contribution >= 0.6 is 15.9 Å². The molecule has 1 fully saturated rings. The van der Waals surface area contributed by atoms with E-state index in [9.17, 15) is 21.6 Å². The van der Waals surface area contributed by atoms with Gasteiger partial charge in [0.25, 0.3) is 0 Å². The number of halogens is 4. The third-order valence-corrected chi connectivity index (χ3v) is 5.23. The maximum absolute atomic E-state index is 12.4. The van der Waals surface area contributed by atoms with Crippen LogP contribution in [0.2, 0.25) is 0 Å². The Morgan fingerprint density at radius 1 is 1.20 bits per heavy atom. The first kappa shape index (κ1) is 15.6. The van der Waals surface area contributed by atoms with Crippen LogP contribution < -0.4 is 4.74 Å². The molecule has 2 rings (SSSR count). The second-order valence-electron chi connectivity index (χ2n) is 4.25. The monoisotopic (exact) mass is 373 g/mol. The standard InChI is InChI=1S/C11H11BrF3NO3S/c12-8-3-4-9(19-11(13,14)15)10(7-8)20(17,18)16-5-1-2-6-16/h3-4,7H,1-2,5-6H2. The lowest BCUT2D eigenvalue weighted by molar-refractivity contribution is -0.275. The highest BCUT2D eigenvalue weighted by atomic mass is 79.9. The van der Waals surface area contributed by atoms with Gasteiger partial charge in [-0.1, -0.05) is 15.9 Å². The van der Waals surface area contributed by atoms with Gasteiger partial charge in [-0.05, 0) is 31.0 Å². The molecule has 0 unspecified atom stereocenters. The van der Waals surface area contributed by atoms with Crippen molar-refractivity contribution in [1.29, 1.82) is 0 Å². The Kier molecular flexibility index (Phi) is 4.31. The highest BCUT2D eigenvalue weighted by Gasteiger charge is 2.36. The minimum atomic E-state index is -4.94. The summed E-state index contributed by atoms with van der Waals surface area (Å²) >= 11 is 3.06. The van der Waals surface area contributed by atoms with Crippen molar-refractivity contribution >= 4 is 26.0 Å². The zero-order valence-corrected chi connectivity index (χ0v) is 12.6. The zero-order chi connectivity index (χ0) is 15.0. The topological polar surface area (TPSA) is 46.6 Å². The molecule has 0 saturated carbocycles. The summed E-state index contributed by atoms with van der Waals surface area (Å²) in [6, 6.07) is 3.40. The van der Waals surface area contributed by atoms with Gasteiger partial charge in [0.15, 0.2) is 0 Å². The van der Waals surface area contributed by atoms with Gasteiger partial charge in [0.05, 0.1) is 0 Å². The molecule has 0 aromatic heterocycles. The molecule has 0 N–H and O–H groups in total. The average molecular weight is 374 g/mol. The Labute approximate surface area is 122 Å². The smallest absolute Gasteiger partial charge is 0.404 e. The molecule has 1 aromatic rings. The molecule has 4 nitrogen and oxygen atoms in total. The van der Waals surface area contributed by atoms with E-state index in [0.29, 0.717) is 30.4 Å². The highest BCUT2D eigenvalue weighted by Crippen LogP contribution is 2.34. The molecule has 0 radical (unpaired) electrons. The summed E-state index contributed by atoms with van der Waals surface area (Å²) in [6.45, 7) is 0.612. The molecule has 1 heterocycles. The van der Waals surface area contributed by atoms with Gasteiger partial charge in [0, 0.05) is 17.6 Å². The van der Waals surface area contributed by atoms with E-state index in [1.807, 2.05) is 0 Å². The van der Waals surface area contributed by atoms with Crippen molar-refractivity contribution in [2.45, 2.75) is 24.1 Å². The van der Waals surface area contributed by atoms with Crippen molar-refractivity contribution < 1.29 is 26.3 Å². The van der Waals surface area contributed by atoms with Crippen LogP contribution in [0.1, 0.15) is 12.8 Å². The fraction of sp³-hybridized carbons (Fsp3) is 0.455. The molecule has 1 aromatic carbocycles. The fourth-order valence-corrected chi connectivity index (χ4v) is 4.13. The summed E-state index contributed by atoms with van der Waals surface area (Å²) in [6.07, 6.45) is -3.55. The summed E-state index contributed by atoms with van der Waals surface area (Å²) in [5.41, 5.74) is 0. The van der Waals surface area contributed by atoms with E-state index < -0.39 is 27.0 Å². The van der Waals surface area contributed by atoms with Crippen LogP contribution in [0.4, 0.5) is 13.2 Å². The molecule has 1 aliphatic rings. The van der Waals surface area contributed by atoms with Crippen molar-refractivity contribution in [2.24, 2.45) is 0 Å². The average Bonchev–Trinajstić information content (AvgIpc) is 2.83. The second kappa shape index (κ2) is 5.53. The quantitative estimate of drug-likeness (QED) is 0.817. The molecule has 1 saturated heterocycles. The van der Waals surface area contributed by atoms with Gasteiger partial charge in [-0.2, -0.15) is 4.31 Å². The first-order valence-electron chi connectivity index (χ1n) is 5.75. The molecule has 0 atom stereocenters. The number of hydrogen-bond acceptors (Lipinski definition) is 3. The van der Waals surface area contributed by atoms with Crippen molar-refractivity contribution in [3.63, 3.8) is 0 Å². The van der Waals surface area contributed by atoms with Gasteiger partial charge < -0.3 is 4.74 Å². The lowest BCUT2D eigenvalue weighted by atomic mass is 10.3. The predicted molar refractivity (Wildman–Crippen MR) is 68.8 cm³/mol. The van der Waals surface area contributed by atoms with Gasteiger partial charge in [0.1, 0.15) is 10.6 Å². The third kappa shape index (κ3) is 3.44. The first-order chi connectivity index (χ1) is 9.20. The molecule has 1 aliphatic heterocycles. The van der Waals surface area contributed by atoms with Crippen molar-refractivity contribution in [1.82, 2.24) is 4.31 Å². The molecule has 112 valence electrons. The minimum absolute atomic E-state index is 0.306. The highest BCUT2D eigenvalue weighted by molar-refractivity contribution is 9.10. The van der Waals surface area contributed by atoms with Crippen LogP contribution in [0.3, 0.4) is 0 Å². The number of benzene rings is 1. The molecule has 0 aliphatic carbocycles. The van der Waals surface area contributed by atoms with Crippen LogP contribution in [-0.2, 0) is 10.0 Å². The normalized spacial score (nSPS) is 17.4. The second-order valence-corrected chi connectivity index (χ2v) is 7.07. The van der Waals surface area contributed by atoms with E-state index in [1.165, 1.54) is 6.07 Å². The van der Waals surface area contributed by atoms with Crippen molar-refractivity contribution in [2.75, 3.05) is 13.1 Å². The summed E-state index contributed by atoms with van der Waals surface area (Å²) < 4.78 is 67.1.